The fraction of sp³-hybridized carbons (Fsp3) is 0.167. The molecule has 7 nitrogen and oxygen atoms in total. The van der Waals surface area contributed by atoms with Gasteiger partial charge < -0.3 is 9.63 Å². The summed E-state index contributed by atoms with van der Waals surface area (Å²) < 4.78 is 31.2. The van der Waals surface area contributed by atoms with Crippen LogP contribution < -0.4 is 4.72 Å². The molecule has 0 saturated heterocycles. The minimum Gasteiger partial charge on any atom is -0.384 e. The van der Waals surface area contributed by atoms with E-state index in [0.29, 0.717) is 11.3 Å². The zero-order valence-electron chi connectivity index (χ0n) is 10.3. The van der Waals surface area contributed by atoms with Crippen molar-refractivity contribution in [2.45, 2.75) is 11.4 Å². The molecule has 0 aliphatic carbocycles. The van der Waals surface area contributed by atoms with E-state index in [4.69, 9.17) is 9.63 Å². The van der Waals surface area contributed by atoms with E-state index in [9.17, 15) is 8.42 Å². The van der Waals surface area contributed by atoms with Crippen LogP contribution in [0.2, 0.25) is 0 Å². The molecule has 0 aromatic carbocycles. The number of hydrogen-bond acceptors (Lipinski definition) is 6. The quantitative estimate of drug-likeness (QED) is 0.762. The Bertz CT molecular complexity index is 730. The highest BCUT2D eigenvalue weighted by atomic mass is 32.2. The number of aliphatic hydroxyl groups is 1. The van der Waals surface area contributed by atoms with Crippen LogP contribution in [-0.2, 0) is 16.6 Å². The van der Waals surface area contributed by atoms with Gasteiger partial charge in [-0.3, -0.25) is 4.98 Å². The van der Waals surface area contributed by atoms with Crippen LogP contribution in [0.3, 0.4) is 0 Å². The summed E-state index contributed by atoms with van der Waals surface area (Å²) in [6.07, 6.45) is 4.06. The van der Waals surface area contributed by atoms with Crippen LogP contribution in [0.15, 0.2) is 40.1 Å². The first kappa shape index (κ1) is 14.2. The number of aliphatic hydroxyl groups excluding tert-OH is 1. The fourth-order valence-electron chi connectivity index (χ4n) is 1.36. The predicted molar refractivity (Wildman–Crippen MR) is 68.7 cm³/mol. The second kappa shape index (κ2) is 6.29. The Hall–Kier alpha value is -2.21. The van der Waals surface area contributed by atoms with Gasteiger partial charge in [-0.2, -0.15) is 0 Å². The van der Waals surface area contributed by atoms with Crippen LogP contribution in [0.4, 0.5) is 0 Å². The van der Waals surface area contributed by atoms with E-state index < -0.39 is 10.0 Å². The minimum absolute atomic E-state index is 0.00508. The van der Waals surface area contributed by atoms with Crippen LogP contribution in [0.5, 0.6) is 0 Å². The van der Waals surface area contributed by atoms with Crippen molar-refractivity contribution in [1.29, 1.82) is 0 Å². The first-order valence-electron chi connectivity index (χ1n) is 5.56. The summed E-state index contributed by atoms with van der Waals surface area (Å²) >= 11 is 0. The lowest BCUT2D eigenvalue weighted by molar-refractivity contribution is 0.350. The van der Waals surface area contributed by atoms with Crippen molar-refractivity contribution in [3.8, 4) is 11.8 Å². The van der Waals surface area contributed by atoms with Gasteiger partial charge in [-0.1, -0.05) is 17.0 Å². The minimum atomic E-state index is -3.71. The van der Waals surface area contributed by atoms with Gasteiger partial charge in [0.15, 0.2) is 5.76 Å². The number of sulfonamides is 1. The second-order valence-electron chi connectivity index (χ2n) is 3.67. The number of nitrogens with zero attached hydrogens (tertiary/aromatic N) is 2. The molecule has 2 N–H and O–H groups in total. The average Bonchev–Trinajstić information content (AvgIpc) is 2.97. The number of pyridine rings is 1. The molecule has 0 bridgehead atoms. The van der Waals surface area contributed by atoms with Crippen LogP contribution >= 0.6 is 0 Å². The summed E-state index contributed by atoms with van der Waals surface area (Å²) in [5.74, 6) is 5.42. The third kappa shape index (κ3) is 3.64. The van der Waals surface area contributed by atoms with E-state index >= 15 is 0 Å². The third-order valence-electron chi connectivity index (χ3n) is 2.26. The third-order valence-corrected chi connectivity index (χ3v) is 3.63. The molecule has 2 heterocycles. The molecule has 0 aliphatic heterocycles. The van der Waals surface area contributed by atoms with Crippen molar-refractivity contribution in [1.82, 2.24) is 14.9 Å². The molecule has 0 amide bonds. The van der Waals surface area contributed by atoms with Crippen molar-refractivity contribution in [2.75, 3.05) is 6.61 Å². The molecule has 20 heavy (non-hydrogen) atoms. The topological polar surface area (TPSA) is 105 Å². The molecular weight excluding hydrogens is 282 g/mol. The molecular formula is C12H11N3O4S. The van der Waals surface area contributed by atoms with E-state index in [0.717, 1.165) is 0 Å². The molecule has 0 saturated carbocycles. The van der Waals surface area contributed by atoms with E-state index in [2.05, 4.69) is 26.7 Å². The molecule has 8 heteroatoms. The van der Waals surface area contributed by atoms with Gasteiger partial charge in [0.05, 0.1) is 12.7 Å². The number of nitrogens with one attached hydrogen (secondary N) is 1. The Morgan fingerprint density at radius 1 is 1.40 bits per heavy atom. The van der Waals surface area contributed by atoms with E-state index in [1.807, 2.05) is 0 Å². The molecule has 0 atom stereocenters. The summed E-state index contributed by atoms with van der Waals surface area (Å²) in [7, 11) is -3.71. The second-order valence-corrected chi connectivity index (χ2v) is 5.44. The first-order chi connectivity index (χ1) is 9.62. The number of hydrogen-bond donors (Lipinski definition) is 2. The van der Waals surface area contributed by atoms with Gasteiger partial charge in [0, 0.05) is 24.0 Å². The first-order valence-corrected chi connectivity index (χ1v) is 7.04. The van der Waals surface area contributed by atoms with Crippen LogP contribution in [-0.4, -0.2) is 30.3 Å². The molecule has 2 aromatic heterocycles. The summed E-state index contributed by atoms with van der Waals surface area (Å²) in [4.78, 5) is 3.80. The van der Waals surface area contributed by atoms with Crippen LogP contribution in [0.1, 0.15) is 11.3 Å². The Balaban J connectivity index is 2.16. The number of rotatable bonds is 4. The zero-order valence-corrected chi connectivity index (χ0v) is 11.1. The Morgan fingerprint density at radius 2 is 2.25 bits per heavy atom. The lowest BCUT2D eigenvalue weighted by Gasteiger charge is -2.04. The average molecular weight is 293 g/mol. The monoisotopic (exact) mass is 293 g/mol. The summed E-state index contributed by atoms with van der Waals surface area (Å²) in [5, 5.41) is 12.1. The van der Waals surface area contributed by atoms with E-state index in [1.165, 1.54) is 24.7 Å². The Kier molecular flexibility index (Phi) is 4.47. The van der Waals surface area contributed by atoms with E-state index in [-0.39, 0.29) is 18.0 Å². The van der Waals surface area contributed by atoms with Crippen LogP contribution in [0, 0.1) is 11.8 Å². The highest BCUT2D eigenvalue weighted by molar-refractivity contribution is 7.89. The SMILES string of the molecule is O=S(=O)(NCc1ccno1)c1cncc(C#CCO)c1. The van der Waals surface area contributed by atoms with E-state index in [1.54, 1.807) is 6.07 Å². The predicted octanol–water partition coefficient (Wildman–Crippen LogP) is -0.108. The number of aromatic nitrogens is 2. The highest BCUT2D eigenvalue weighted by Crippen LogP contribution is 2.09. The maximum atomic E-state index is 12.0. The molecule has 104 valence electrons. The fourth-order valence-corrected chi connectivity index (χ4v) is 2.34. The van der Waals surface area contributed by atoms with Gasteiger partial charge in [-0.25, -0.2) is 13.1 Å². The van der Waals surface area contributed by atoms with Crippen LogP contribution in [0.25, 0.3) is 0 Å². The van der Waals surface area contributed by atoms with Crippen molar-refractivity contribution in [3.05, 3.63) is 42.0 Å². The van der Waals surface area contributed by atoms with Gasteiger partial charge in [-0.05, 0) is 6.07 Å². The maximum absolute atomic E-state index is 12.0. The molecule has 0 spiro atoms. The molecule has 0 fully saturated rings. The molecule has 0 aliphatic rings. The standard InChI is InChI=1S/C12H11N3O4S/c16-5-1-2-10-6-12(9-13-7-10)20(17,18)15-8-11-3-4-14-19-11/h3-4,6-7,9,15-16H,5,8H2. The highest BCUT2D eigenvalue weighted by Gasteiger charge is 2.15. The Labute approximate surface area is 115 Å². The van der Waals surface area contributed by atoms with Gasteiger partial charge in [0.25, 0.3) is 0 Å². The van der Waals surface area contributed by atoms with Gasteiger partial charge in [-0.15, -0.1) is 0 Å². The summed E-state index contributed by atoms with van der Waals surface area (Å²) in [6.45, 7) is -0.310. The maximum Gasteiger partial charge on any atom is 0.242 e. The lowest BCUT2D eigenvalue weighted by Crippen LogP contribution is -2.23. The summed E-state index contributed by atoms with van der Waals surface area (Å²) in [6, 6.07) is 2.93. The normalized spacial score (nSPS) is 10.8. The molecule has 2 rings (SSSR count). The van der Waals surface area contributed by atoms with Crippen molar-refractivity contribution >= 4 is 10.0 Å². The largest absolute Gasteiger partial charge is 0.384 e. The molecule has 0 radical (unpaired) electrons. The molecule has 0 unspecified atom stereocenters. The Morgan fingerprint density at radius 3 is 2.95 bits per heavy atom. The smallest absolute Gasteiger partial charge is 0.242 e. The lowest BCUT2D eigenvalue weighted by atomic mass is 10.3. The zero-order chi connectivity index (χ0) is 14.4. The van der Waals surface area contributed by atoms with Gasteiger partial charge >= 0.3 is 0 Å². The van der Waals surface area contributed by atoms with Crippen molar-refractivity contribution < 1.29 is 18.0 Å². The summed E-state index contributed by atoms with van der Waals surface area (Å²) in [5.41, 5.74) is 0.404. The van der Waals surface area contributed by atoms with Crippen molar-refractivity contribution in [3.63, 3.8) is 0 Å². The molecule has 2 aromatic rings. The van der Waals surface area contributed by atoms with Crippen molar-refractivity contribution in [2.24, 2.45) is 0 Å². The van der Waals surface area contributed by atoms with Gasteiger partial charge in [0.1, 0.15) is 11.5 Å². The van der Waals surface area contributed by atoms with Gasteiger partial charge in [0.2, 0.25) is 10.0 Å².